The van der Waals surface area contributed by atoms with Crippen LogP contribution in [0, 0.1) is 12.4 Å². The summed E-state index contributed by atoms with van der Waals surface area (Å²) < 4.78 is 14.3. The van der Waals surface area contributed by atoms with Crippen molar-refractivity contribution in [3.05, 3.63) is 58.7 Å². The van der Waals surface area contributed by atoms with Crippen LogP contribution >= 0.6 is 11.6 Å². The lowest BCUT2D eigenvalue weighted by Crippen LogP contribution is -2.41. The molecule has 148 valence electrons. The number of nitrogens with zero attached hydrogens (tertiary/aromatic N) is 4. The van der Waals surface area contributed by atoms with Gasteiger partial charge in [0.15, 0.2) is 5.69 Å². The second-order valence-corrected chi connectivity index (χ2v) is 7.42. The number of aromatic nitrogens is 2. The van der Waals surface area contributed by atoms with Crippen molar-refractivity contribution in [3.63, 3.8) is 0 Å². The lowest BCUT2D eigenvalue weighted by Gasteiger charge is -2.32. The van der Waals surface area contributed by atoms with Gasteiger partial charge in [-0.15, -0.1) is 0 Å². The Balaban J connectivity index is 1.76. The summed E-state index contributed by atoms with van der Waals surface area (Å²) >= 11 is 5.87. The Kier molecular flexibility index (Phi) is 5.47. The molecule has 0 amide bonds. The van der Waals surface area contributed by atoms with Gasteiger partial charge >= 0.3 is 0 Å². The van der Waals surface area contributed by atoms with Gasteiger partial charge < -0.3 is 15.5 Å². The van der Waals surface area contributed by atoms with Crippen molar-refractivity contribution < 1.29 is 4.39 Å². The molecule has 0 aliphatic carbocycles. The van der Waals surface area contributed by atoms with Gasteiger partial charge in [-0.25, -0.2) is 14.2 Å². The van der Waals surface area contributed by atoms with E-state index in [0.29, 0.717) is 34.0 Å². The minimum Gasteiger partial charge on any atom is -0.341 e. The van der Waals surface area contributed by atoms with E-state index < -0.39 is 5.82 Å². The van der Waals surface area contributed by atoms with Crippen molar-refractivity contribution in [2.24, 2.45) is 0 Å². The Morgan fingerprint density at radius 1 is 1.17 bits per heavy atom. The number of nitrogens with one attached hydrogen (secondary N) is 2. The quantitative estimate of drug-likeness (QED) is 0.599. The summed E-state index contributed by atoms with van der Waals surface area (Å²) in [5, 5.41) is 7.44. The van der Waals surface area contributed by atoms with Crippen LogP contribution < -0.4 is 15.5 Å². The number of fused-ring (bicyclic) bond motifs is 1. The molecular weight excluding hydrogens is 391 g/mol. The molecule has 4 rings (SSSR count). The van der Waals surface area contributed by atoms with E-state index in [1.807, 2.05) is 7.05 Å². The van der Waals surface area contributed by atoms with Crippen LogP contribution in [-0.2, 0) is 0 Å². The highest BCUT2D eigenvalue weighted by atomic mass is 35.5. The number of halogens is 2. The lowest BCUT2D eigenvalue weighted by molar-refractivity contribution is 0.439. The summed E-state index contributed by atoms with van der Waals surface area (Å²) in [6.07, 6.45) is 1.99. The highest BCUT2D eigenvalue weighted by molar-refractivity contribution is 6.30. The van der Waals surface area contributed by atoms with E-state index in [4.69, 9.17) is 28.1 Å². The standard InChI is InChI=1S/C21H20ClFN6/c1-24-14-7-9-29(10-8-14)21-27-19-12-15(25-2)4-5-16(19)20(28-21)26-18-6-3-13(22)11-17(18)23/h3-6,11-12,14,24H,7-10H2,1H3,(H,26,27,28). The summed E-state index contributed by atoms with van der Waals surface area (Å²) in [4.78, 5) is 15.0. The molecule has 2 aromatic carbocycles. The molecule has 0 bridgehead atoms. The van der Waals surface area contributed by atoms with E-state index in [0.717, 1.165) is 31.3 Å². The molecule has 0 saturated carbocycles. The Hall–Kier alpha value is -2.95. The van der Waals surface area contributed by atoms with Crippen LogP contribution in [0.3, 0.4) is 0 Å². The summed E-state index contributed by atoms with van der Waals surface area (Å²) in [5.74, 6) is 0.614. The zero-order chi connectivity index (χ0) is 20.4. The van der Waals surface area contributed by atoms with E-state index in [2.05, 4.69) is 20.4 Å². The summed E-state index contributed by atoms with van der Waals surface area (Å²) in [7, 11) is 1.97. The first kappa shape index (κ1) is 19.4. The molecule has 0 radical (unpaired) electrons. The largest absolute Gasteiger partial charge is 0.341 e. The maximum atomic E-state index is 14.3. The van der Waals surface area contributed by atoms with Crippen LogP contribution in [0.5, 0.6) is 0 Å². The zero-order valence-corrected chi connectivity index (χ0v) is 16.7. The number of anilines is 3. The molecule has 6 nitrogen and oxygen atoms in total. The van der Waals surface area contributed by atoms with Crippen molar-refractivity contribution >= 4 is 45.6 Å². The van der Waals surface area contributed by atoms with Crippen molar-refractivity contribution in [2.45, 2.75) is 18.9 Å². The van der Waals surface area contributed by atoms with Crippen LogP contribution in [0.15, 0.2) is 36.4 Å². The van der Waals surface area contributed by atoms with Gasteiger partial charge in [-0.3, -0.25) is 0 Å². The minimum absolute atomic E-state index is 0.281. The smallest absolute Gasteiger partial charge is 0.227 e. The third kappa shape index (κ3) is 4.09. The highest BCUT2D eigenvalue weighted by Crippen LogP contribution is 2.31. The van der Waals surface area contributed by atoms with E-state index in [9.17, 15) is 4.39 Å². The van der Waals surface area contributed by atoms with Crippen LogP contribution in [0.25, 0.3) is 15.7 Å². The molecule has 8 heteroatoms. The van der Waals surface area contributed by atoms with E-state index >= 15 is 0 Å². The normalized spacial score (nSPS) is 14.8. The number of piperidine rings is 1. The number of rotatable bonds is 4. The SMILES string of the molecule is [C-]#[N+]c1ccc2c(Nc3ccc(Cl)cc3F)nc(N3CCC(NC)CC3)nc2c1. The predicted molar refractivity (Wildman–Crippen MR) is 115 cm³/mol. The Labute approximate surface area is 173 Å². The third-order valence-corrected chi connectivity index (χ3v) is 5.40. The first-order valence-electron chi connectivity index (χ1n) is 9.41. The van der Waals surface area contributed by atoms with Crippen LogP contribution in [0.2, 0.25) is 5.02 Å². The van der Waals surface area contributed by atoms with Gasteiger partial charge in [0.25, 0.3) is 0 Å². The average molecular weight is 411 g/mol. The Morgan fingerprint density at radius 2 is 1.97 bits per heavy atom. The molecule has 0 spiro atoms. The van der Waals surface area contributed by atoms with Crippen molar-refractivity contribution in [1.29, 1.82) is 0 Å². The summed E-state index contributed by atoms with van der Waals surface area (Å²) in [6.45, 7) is 8.93. The van der Waals surface area contributed by atoms with Gasteiger partial charge in [0.2, 0.25) is 5.95 Å². The van der Waals surface area contributed by atoms with Crippen LogP contribution in [-0.4, -0.2) is 36.1 Å². The summed E-state index contributed by atoms with van der Waals surface area (Å²) in [6, 6.07) is 10.2. The molecule has 0 unspecified atom stereocenters. The average Bonchev–Trinajstić information content (AvgIpc) is 2.75. The van der Waals surface area contributed by atoms with Crippen molar-refractivity contribution in [3.8, 4) is 0 Å². The monoisotopic (exact) mass is 410 g/mol. The molecular formula is C21H20ClFN6. The summed E-state index contributed by atoms with van der Waals surface area (Å²) in [5.41, 5.74) is 1.43. The van der Waals surface area contributed by atoms with Crippen LogP contribution in [0.4, 0.5) is 27.5 Å². The molecule has 29 heavy (non-hydrogen) atoms. The van der Waals surface area contributed by atoms with Gasteiger partial charge in [0.05, 0.1) is 17.8 Å². The minimum atomic E-state index is -0.460. The van der Waals surface area contributed by atoms with Gasteiger partial charge in [0, 0.05) is 29.5 Å². The molecule has 1 aliphatic heterocycles. The van der Waals surface area contributed by atoms with Gasteiger partial charge in [-0.05, 0) is 44.2 Å². The van der Waals surface area contributed by atoms with Crippen molar-refractivity contribution in [2.75, 3.05) is 30.4 Å². The molecule has 1 fully saturated rings. The molecule has 0 atom stereocenters. The van der Waals surface area contributed by atoms with E-state index in [1.54, 1.807) is 30.3 Å². The molecule has 1 aliphatic rings. The first-order valence-corrected chi connectivity index (χ1v) is 9.78. The molecule has 1 saturated heterocycles. The molecule has 3 aromatic rings. The predicted octanol–water partition coefficient (Wildman–Crippen LogP) is 4.90. The fourth-order valence-corrected chi connectivity index (χ4v) is 3.66. The fourth-order valence-electron chi connectivity index (χ4n) is 3.50. The van der Waals surface area contributed by atoms with E-state index in [-0.39, 0.29) is 5.69 Å². The Bertz CT molecular complexity index is 1090. The topological polar surface area (TPSA) is 57.4 Å². The Morgan fingerprint density at radius 3 is 2.66 bits per heavy atom. The third-order valence-electron chi connectivity index (χ3n) is 5.17. The number of benzene rings is 2. The second kappa shape index (κ2) is 8.19. The van der Waals surface area contributed by atoms with Gasteiger partial charge in [-0.1, -0.05) is 23.7 Å². The molecule has 1 aromatic heterocycles. The number of hydrogen-bond acceptors (Lipinski definition) is 5. The maximum Gasteiger partial charge on any atom is 0.227 e. The van der Waals surface area contributed by atoms with Gasteiger partial charge in [0.1, 0.15) is 11.6 Å². The van der Waals surface area contributed by atoms with Crippen molar-refractivity contribution in [1.82, 2.24) is 15.3 Å². The molecule has 2 heterocycles. The highest BCUT2D eigenvalue weighted by Gasteiger charge is 2.21. The second-order valence-electron chi connectivity index (χ2n) is 6.98. The lowest BCUT2D eigenvalue weighted by atomic mass is 10.1. The maximum absolute atomic E-state index is 14.3. The number of hydrogen-bond donors (Lipinski definition) is 2. The van der Waals surface area contributed by atoms with E-state index in [1.165, 1.54) is 6.07 Å². The fraction of sp³-hybridized carbons (Fsp3) is 0.286. The van der Waals surface area contributed by atoms with Crippen LogP contribution in [0.1, 0.15) is 12.8 Å². The first-order chi connectivity index (χ1) is 14.1. The molecule has 2 N–H and O–H groups in total. The van der Waals surface area contributed by atoms with Gasteiger partial charge in [-0.2, -0.15) is 4.98 Å². The zero-order valence-electron chi connectivity index (χ0n) is 15.9.